The minimum absolute atomic E-state index is 0.0774. The number of halogens is 1. The summed E-state index contributed by atoms with van der Waals surface area (Å²) in [5.41, 5.74) is 1.25. The fourth-order valence-electron chi connectivity index (χ4n) is 4.01. The lowest BCUT2D eigenvalue weighted by Gasteiger charge is -2.24. The second kappa shape index (κ2) is 7.76. The monoisotopic (exact) mass is 418 g/mol. The van der Waals surface area contributed by atoms with Crippen LogP contribution >= 0.6 is 0 Å². The zero-order valence-corrected chi connectivity index (χ0v) is 16.7. The van der Waals surface area contributed by atoms with E-state index in [1.807, 2.05) is 17.0 Å². The van der Waals surface area contributed by atoms with Gasteiger partial charge in [-0.25, -0.2) is 9.37 Å². The van der Waals surface area contributed by atoms with Gasteiger partial charge in [-0.2, -0.15) is 5.26 Å². The molecule has 2 aromatic carbocycles. The van der Waals surface area contributed by atoms with Crippen LogP contribution < -0.4 is 14.4 Å². The van der Waals surface area contributed by atoms with Crippen LogP contribution in [0.5, 0.6) is 11.5 Å². The Hall–Kier alpha value is -3.86. The van der Waals surface area contributed by atoms with Crippen LogP contribution in [0.3, 0.4) is 0 Å². The van der Waals surface area contributed by atoms with Crippen molar-refractivity contribution < 1.29 is 18.7 Å². The number of ether oxygens (including phenoxy) is 2. The summed E-state index contributed by atoms with van der Waals surface area (Å²) in [4.78, 5) is 21.2. The molecule has 0 radical (unpaired) electrons. The molecule has 31 heavy (non-hydrogen) atoms. The first kappa shape index (κ1) is 19.1. The lowest BCUT2D eigenvalue weighted by Crippen LogP contribution is -2.36. The van der Waals surface area contributed by atoms with Gasteiger partial charge < -0.3 is 19.3 Å². The highest BCUT2D eigenvalue weighted by molar-refractivity contribution is 5.94. The number of nitrogens with zero attached hydrogens (tertiary/aromatic N) is 4. The highest BCUT2D eigenvalue weighted by Crippen LogP contribution is 2.37. The van der Waals surface area contributed by atoms with Crippen molar-refractivity contribution in [1.82, 2.24) is 9.88 Å². The van der Waals surface area contributed by atoms with E-state index in [1.54, 1.807) is 23.1 Å². The van der Waals surface area contributed by atoms with E-state index in [-0.39, 0.29) is 18.3 Å². The second-order valence-electron chi connectivity index (χ2n) is 7.48. The van der Waals surface area contributed by atoms with Crippen LogP contribution in [0, 0.1) is 17.1 Å². The van der Waals surface area contributed by atoms with Crippen LogP contribution in [0.15, 0.2) is 42.5 Å². The average Bonchev–Trinajstić information content (AvgIpc) is 3.09. The third-order valence-electron chi connectivity index (χ3n) is 5.60. The number of rotatable bonds is 2. The smallest absolute Gasteiger partial charge is 0.256 e. The molecule has 3 heterocycles. The van der Waals surface area contributed by atoms with Crippen molar-refractivity contribution in [2.75, 3.05) is 37.9 Å². The Kier molecular flexibility index (Phi) is 4.79. The fraction of sp³-hybridized carbons (Fsp3) is 0.261. The van der Waals surface area contributed by atoms with Crippen molar-refractivity contribution in [2.45, 2.75) is 6.42 Å². The largest absolute Gasteiger partial charge is 0.454 e. The SMILES string of the molecule is N#Cc1cc2cc3c(cc2nc1N1CCCN(C(=O)c2ccccc2F)CC1)OCO3. The molecule has 0 saturated carbocycles. The highest BCUT2D eigenvalue weighted by atomic mass is 19.1. The van der Waals surface area contributed by atoms with Crippen LogP contribution in [-0.2, 0) is 0 Å². The summed E-state index contributed by atoms with van der Waals surface area (Å²) < 4.78 is 24.9. The second-order valence-corrected chi connectivity index (χ2v) is 7.48. The van der Waals surface area contributed by atoms with E-state index in [2.05, 4.69) is 6.07 Å². The standard InChI is InChI=1S/C23H19FN4O3/c24-18-5-2-1-4-17(18)23(29)28-7-3-6-27(8-9-28)22-16(13-25)10-15-11-20-21(31-14-30-20)12-19(15)26-22/h1-2,4-5,10-12H,3,6-9,14H2. The summed E-state index contributed by atoms with van der Waals surface area (Å²) in [6.45, 7) is 2.23. The normalized spacial score (nSPS) is 15.6. The molecule has 0 spiro atoms. The minimum atomic E-state index is -0.518. The molecule has 2 aliphatic heterocycles. The van der Waals surface area contributed by atoms with Gasteiger partial charge in [0, 0.05) is 37.6 Å². The number of anilines is 1. The van der Waals surface area contributed by atoms with Gasteiger partial charge in [0.15, 0.2) is 11.5 Å². The van der Waals surface area contributed by atoms with Gasteiger partial charge >= 0.3 is 0 Å². The Morgan fingerprint density at radius 3 is 2.68 bits per heavy atom. The maximum absolute atomic E-state index is 14.1. The van der Waals surface area contributed by atoms with Gasteiger partial charge in [0.1, 0.15) is 17.7 Å². The molecule has 1 fully saturated rings. The average molecular weight is 418 g/mol. The van der Waals surface area contributed by atoms with Crippen LogP contribution in [-0.4, -0.2) is 48.8 Å². The number of benzene rings is 2. The molecule has 1 amide bonds. The predicted octanol–water partition coefficient (Wildman–Crippen LogP) is 3.33. The van der Waals surface area contributed by atoms with Crippen molar-refractivity contribution in [3.8, 4) is 17.6 Å². The summed E-state index contributed by atoms with van der Waals surface area (Å²) >= 11 is 0. The van der Waals surface area contributed by atoms with Crippen molar-refractivity contribution >= 4 is 22.6 Å². The molecule has 0 N–H and O–H groups in total. The van der Waals surface area contributed by atoms with Crippen molar-refractivity contribution in [3.05, 3.63) is 59.4 Å². The maximum atomic E-state index is 14.1. The van der Waals surface area contributed by atoms with Gasteiger partial charge in [0.05, 0.1) is 16.6 Å². The Balaban J connectivity index is 1.42. The number of carbonyl (C=O) groups is 1. The van der Waals surface area contributed by atoms with Gasteiger partial charge in [-0.3, -0.25) is 4.79 Å². The van der Waals surface area contributed by atoms with E-state index in [1.165, 1.54) is 12.1 Å². The molecule has 7 nitrogen and oxygen atoms in total. The summed E-state index contributed by atoms with van der Waals surface area (Å²) in [6, 6.07) is 13.7. The molecule has 5 rings (SSSR count). The molecule has 1 saturated heterocycles. The first-order valence-corrected chi connectivity index (χ1v) is 10.1. The molecule has 0 unspecified atom stereocenters. The van der Waals surface area contributed by atoms with E-state index in [0.717, 1.165) is 5.39 Å². The lowest BCUT2D eigenvalue weighted by atomic mass is 10.1. The number of fused-ring (bicyclic) bond motifs is 2. The summed E-state index contributed by atoms with van der Waals surface area (Å²) in [5.74, 6) is 1.01. The fourth-order valence-corrected chi connectivity index (χ4v) is 4.01. The van der Waals surface area contributed by atoms with Crippen LogP contribution in [0.2, 0.25) is 0 Å². The number of amides is 1. The number of carbonyl (C=O) groups excluding carboxylic acids is 1. The molecule has 8 heteroatoms. The predicted molar refractivity (Wildman–Crippen MR) is 112 cm³/mol. The maximum Gasteiger partial charge on any atom is 0.256 e. The van der Waals surface area contributed by atoms with Crippen molar-refractivity contribution in [2.24, 2.45) is 0 Å². The topological polar surface area (TPSA) is 78.7 Å². The van der Waals surface area contributed by atoms with Gasteiger partial charge in [-0.15, -0.1) is 0 Å². The Bertz CT molecular complexity index is 1220. The number of hydrogen-bond donors (Lipinski definition) is 0. The van der Waals surface area contributed by atoms with E-state index < -0.39 is 5.82 Å². The molecular weight excluding hydrogens is 399 g/mol. The lowest BCUT2D eigenvalue weighted by molar-refractivity contribution is 0.0762. The molecule has 2 aliphatic rings. The van der Waals surface area contributed by atoms with Gasteiger partial charge in [0.25, 0.3) is 5.91 Å². The zero-order chi connectivity index (χ0) is 21.4. The molecule has 0 aliphatic carbocycles. The number of aromatic nitrogens is 1. The van der Waals surface area contributed by atoms with Crippen molar-refractivity contribution in [1.29, 1.82) is 5.26 Å². The first-order chi connectivity index (χ1) is 15.1. The van der Waals surface area contributed by atoms with E-state index >= 15 is 0 Å². The number of nitriles is 1. The third kappa shape index (κ3) is 3.48. The van der Waals surface area contributed by atoms with E-state index in [9.17, 15) is 14.4 Å². The Morgan fingerprint density at radius 1 is 1.06 bits per heavy atom. The van der Waals surface area contributed by atoms with Gasteiger partial charge in [0.2, 0.25) is 6.79 Å². The molecule has 0 bridgehead atoms. The first-order valence-electron chi connectivity index (χ1n) is 10.1. The molecule has 156 valence electrons. The highest BCUT2D eigenvalue weighted by Gasteiger charge is 2.25. The Morgan fingerprint density at radius 2 is 1.87 bits per heavy atom. The molecule has 1 aromatic heterocycles. The zero-order valence-electron chi connectivity index (χ0n) is 16.7. The summed E-state index contributed by atoms with van der Waals surface area (Å²) in [6.07, 6.45) is 0.686. The van der Waals surface area contributed by atoms with Crippen LogP contribution in [0.25, 0.3) is 10.9 Å². The van der Waals surface area contributed by atoms with Crippen molar-refractivity contribution in [3.63, 3.8) is 0 Å². The van der Waals surface area contributed by atoms with E-state index in [4.69, 9.17) is 14.5 Å². The molecule has 3 aromatic rings. The quantitative estimate of drug-likeness (QED) is 0.635. The molecular formula is C23H19FN4O3. The van der Waals surface area contributed by atoms with Gasteiger partial charge in [-0.1, -0.05) is 12.1 Å². The van der Waals surface area contributed by atoms with Gasteiger partial charge in [-0.05, 0) is 30.7 Å². The number of pyridine rings is 1. The number of hydrogen-bond acceptors (Lipinski definition) is 6. The van der Waals surface area contributed by atoms with Crippen LogP contribution in [0.1, 0.15) is 22.3 Å². The van der Waals surface area contributed by atoms with Crippen LogP contribution in [0.4, 0.5) is 10.2 Å². The summed E-state index contributed by atoms with van der Waals surface area (Å²) in [7, 11) is 0. The molecule has 0 atom stereocenters. The Labute approximate surface area is 178 Å². The minimum Gasteiger partial charge on any atom is -0.454 e. The summed E-state index contributed by atoms with van der Waals surface area (Å²) in [5, 5.41) is 10.5. The van der Waals surface area contributed by atoms with E-state index in [0.29, 0.717) is 61.0 Å². The third-order valence-corrected chi connectivity index (χ3v) is 5.60.